The van der Waals surface area contributed by atoms with Crippen molar-refractivity contribution in [2.24, 2.45) is 0 Å². The molecule has 1 heterocycles. The molecule has 0 N–H and O–H groups in total. The van der Waals surface area contributed by atoms with Crippen LogP contribution in [0.5, 0.6) is 0 Å². The Morgan fingerprint density at radius 2 is 1.44 bits per heavy atom. The smallest absolute Gasteiger partial charge is 0.261 e. The number of imide groups is 1. The first kappa shape index (κ1) is 22.1. The number of hydrogen-bond donors (Lipinski definition) is 0. The Bertz CT molecular complexity index is 1430. The fraction of sp³-hybridized carbons (Fsp3) is 0.0741. The van der Waals surface area contributed by atoms with Gasteiger partial charge in [-0.05, 0) is 41.8 Å². The number of hydrogen-bond acceptors (Lipinski definition) is 3. The molecule has 0 radical (unpaired) electrons. The Labute approximate surface area is 206 Å². The molecule has 4 aromatic carbocycles. The quantitative estimate of drug-likeness (QED) is 0.319. The van der Waals surface area contributed by atoms with Crippen molar-refractivity contribution < 1.29 is 14.4 Å². The van der Waals surface area contributed by atoms with E-state index in [0.29, 0.717) is 21.8 Å². The molecule has 7 heteroatoms. The first-order valence-corrected chi connectivity index (χ1v) is 11.4. The summed E-state index contributed by atoms with van der Waals surface area (Å²) in [6, 6.07) is 24.8. The number of amides is 3. The maximum Gasteiger partial charge on any atom is 0.261 e. The molecule has 0 aliphatic carbocycles. The monoisotopic (exact) mass is 488 g/mol. The summed E-state index contributed by atoms with van der Waals surface area (Å²) in [6.45, 7) is 0.129. The molecule has 168 valence electrons. The summed E-state index contributed by atoms with van der Waals surface area (Å²) in [5.41, 5.74) is 1.68. The number of nitrogens with zero attached hydrogens (tertiary/aromatic N) is 2. The van der Waals surface area contributed by atoms with Crippen molar-refractivity contribution >= 4 is 57.4 Å². The molecule has 0 spiro atoms. The predicted molar refractivity (Wildman–Crippen MR) is 134 cm³/mol. The molecule has 0 fully saturated rings. The Morgan fingerprint density at radius 1 is 0.794 bits per heavy atom. The average molecular weight is 489 g/mol. The Hall–Kier alpha value is -3.67. The van der Waals surface area contributed by atoms with Gasteiger partial charge in [0.2, 0.25) is 0 Å². The van der Waals surface area contributed by atoms with Crippen LogP contribution in [0.15, 0.2) is 84.9 Å². The second-order valence-corrected chi connectivity index (χ2v) is 8.73. The normalized spacial score (nSPS) is 12.8. The van der Waals surface area contributed by atoms with E-state index in [1.54, 1.807) is 41.3 Å². The van der Waals surface area contributed by atoms with Gasteiger partial charge < -0.3 is 4.90 Å². The van der Waals surface area contributed by atoms with Gasteiger partial charge in [-0.25, -0.2) is 0 Å². The highest BCUT2D eigenvalue weighted by Gasteiger charge is 2.35. The van der Waals surface area contributed by atoms with Crippen molar-refractivity contribution in [3.8, 4) is 0 Å². The molecule has 5 nitrogen and oxygen atoms in total. The van der Waals surface area contributed by atoms with Gasteiger partial charge in [0.05, 0.1) is 27.4 Å². The summed E-state index contributed by atoms with van der Waals surface area (Å²) in [5.74, 6) is -1.08. The van der Waals surface area contributed by atoms with E-state index in [1.165, 1.54) is 11.0 Å². The van der Waals surface area contributed by atoms with Gasteiger partial charge in [-0.3, -0.25) is 19.3 Å². The lowest BCUT2D eigenvalue weighted by Gasteiger charge is -2.27. The lowest BCUT2D eigenvalue weighted by molar-refractivity contribution is 0.0654. The third kappa shape index (κ3) is 3.83. The molecule has 0 bridgehead atoms. The van der Waals surface area contributed by atoms with Crippen LogP contribution < -0.4 is 4.90 Å². The van der Waals surface area contributed by atoms with Crippen molar-refractivity contribution in [3.05, 3.63) is 112 Å². The number of fused-ring (bicyclic) bond motifs is 2. The highest BCUT2D eigenvalue weighted by atomic mass is 35.5. The molecular weight excluding hydrogens is 471 g/mol. The zero-order valence-electron chi connectivity index (χ0n) is 17.9. The highest BCUT2D eigenvalue weighted by molar-refractivity contribution is 6.37. The Kier molecular flexibility index (Phi) is 5.82. The number of benzene rings is 4. The van der Waals surface area contributed by atoms with Gasteiger partial charge >= 0.3 is 0 Å². The van der Waals surface area contributed by atoms with Gasteiger partial charge in [0.25, 0.3) is 17.7 Å². The first-order valence-electron chi connectivity index (χ1n) is 10.7. The summed E-state index contributed by atoms with van der Waals surface area (Å²) < 4.78 is 0. The molecule has 0 saturated heterocycles. The maximum atomic E-state index is 13.7. The van der Waals surface area contributed by atoms with Crippen LogP contribution in [-0.2, 0) is 0 Å². The first-order chi connectivity index (χ1) is 16.5. The van der Waals surface area contributed by atoms with Gasteiger partial charge in [0.15, 0.2) is 0 Å². The van der Waals surface area contributed by atoms with Crippen LogP contribution in [0.4, 0.5) is 5.69 Å². The van der Waals surface area contributed by atoms with Crippen molar-refractivity contribution in [1.82, 2.24) is 4.90 Å². The van der Waals surface area contributed by atoms with Crippen LogP contribution in [0.25, 0.3) is 10.8 Å². The van der Waals surface area contributed by atoms with E-state index in [1.807, 2.05) is 42.5 Å². The maximum absolute atomic E-state index is 13.7. The van der Waals surface area contributed by atoms with Crippen molar-refractivity contribution in [2.75, 3.05) is 18.0 Å². The average Bonchev–Trinajstić information content (AvgIpc) is 3.09. The minimum atomic E-state index is -0.365. The molecule has 1 aliphatic rings. The molecule has 0 atom stereocenters. The van der Waals surface area contributed by atoms with Crippen molar-refractivity contribution in [2.45, 2.75) is 0 Å². The topological polar surface area (TPSA) is 57.7 Å². The number of halogens is 2. The van der Waals surface area contributed by atoms with E-state index in [-0.39, 0.29) is 41.4 Å². The molecule has 3 amide bonds. The van der Waals surface area contributed by atoms with Crippen molar-refractivity contribution in [3.63, 3.8) is 0 Å². The summed E-state index contributed by atoms with van der Waals surface area (Å²) in [7, 11) is 0. The third-order valence-corrected chi connectivity index (χ3v) is 6.44. The van der Waals surface area contributed by atoms with E-state index in [0.717, 1.165) is 10.8 Å². The molecule has 0 unspecified atom stereocenters. The largest absolute Gasteiger partial charge is 0.306 e. The van der Waals surface area contributed by atoms with Crippen LogP contribution in [0.2, 0.25) is 10.0 Å². The Balaban J connectivity index is 1.53. The van der Waals surface area contributed by atoms with Gasteiger partial charge in [-0.2, -0.15) is 0 Å². The van der Waals surface area contributed by atoms with Crippen LogP contribution in [0, 0.1) is 0 Å². The molecule has 34 heavy (non-hydrogen) atoms. The van der Waals surface area contributed by atoms with E-state index >= 15 is 0 Å². The third-order valence-electron chi connectivity index (χ3n) is 5.89. The van der Waals surface area contributed by atoms with E-state index in [9.17, 15) is 14.4 Å². The van der Waals surface area contributed by atoms with Crippen LogP contribution in [0.1, 0.15) is 31.1 Å². The summed E-state index contributed by atoms with van der Waals surface area (Å²) in [5, 5.41) is 2.47. The zero-order valence-corrected chi connectivity index (χ0v) is 19.4. The van der Waals surface area contributed by atoms with E-state index in [4.69, 9.17) is 23.2 Å². The van der Waals surface area contributed by atoms with E-state index in [2.05, 4.69) is 0 Å². The lowest BCUT2D eigenvalue weighted by Crippen LogP contribution is -2.41. The number of anilines is 1. The van der Waals surface area contributed by atoms with Gasteiger partial charge in [-0.15, -0.1) is 0 Å². The summed E-state index contributed by atoms with van der Waals surface area (Å²) in [4.78, 5) is 42.2. The Morgan fingerprint density at radius 3 is 2.15 bits per heavy atom. The number of carbonyl (C=O) groups is 3. The lowest BCUT2D eigenvalue weighted by atomic mass is 10.1. The van der Waals surface area contributed by atoms with Crippen LogP contribution >= 0.6 is 23.2 Å². The molecule has 0 saturated carbocycles. The molecular formula is C27H18Cl2N2O3. The second-order valence-electron chi connectivity index (χ2n) is 7.89. The minimum absolute atomic E-state index is 0.0342. The number of carbonyl (C=O) groups excluding carboxylic acids is 3. The van der Waals surface area contributed by atoms with Gasteiger partial charge in [-0.1, -0.05) is 71.7 Å². The molecule has 1 aliphatic heterocycles. The van der Waals surface area contributed by atoms with Gasteiger partial charge in [0, 0.05) is 23.5 Å². The fourth-order valence-corrected chi connectivity index (χ4v) is 4.71. The highest BCUT2D eigenvalue weighted by Crippen LogP contribution is 2.31. The van der Waals surface area contributed by atoms with E-state index < -0.39 is 0 Å². The number of rotatable bonds is 5. The van der Waals surface area contributed by atoms with Crippen LogP contribution in [-0.4, -0.2) is 35.7 Å². The van der Waals surface area contributed by atoms with Crippen molar-refractivity contribution in [1.29, 1.82) is 0 Å². The SMILES string of the molecule is O=C1c2ccccc2C(=O)N1CCN(C(=O)c1ccc(Cl)cc1Cl)c1cccc2ccccc12. The predicted octanol–water partition coefficient (Wildman–Crippen LogP) is 6.09. The summed E-state index contributed by atoms with van der Waals surface area (Å²) >= 11 is 12.4. The second kappa shape index (κ2) is 8.93. The minimum Gasteiger partial charge on any atom is -0.306 e. The van der Waals surface area contributed by atoms with Gasteiger partial charge in [0.1, 0.15) is 0 Å². The molecule has 0 aromatic heterocycles. The summed E-state index contributed by atoms with van der Waals surface area (Å²) in [6.07, 6.45) is 0. The van der Waals surface area contributed by atoms with Crippen LogP contribution in [0.3, 0.4) is 0 Å². The fourth-order valence-electron chi connectivity index (χ4n) is 4.23. The molecule has 5 rings (SSSR count). The molecule has 4 aromatic rings. The zero-order chi connectivity index (χ0) is 23.8. The standard InChI is InChI=1S/C27H18Cl2N2O3/c28-18-12-13-22(23(29)16-18)27(34)30(24-11-5-7-17-6-1-2-8-19(17)24)14-15-31-25(32)20-9-3-4-10-21(20)26(31)33/h1-13,16H,14-15H2.